The summed E-state index contributed by atoms with van der Waals surface area (Å²) in [6, 6.07) is 7.46. The molecule has 164 valence electrons. The van der Waals surface area contributed by atoms with Crippen molar-refractivity contribution >= 4 is 23.7 Å². The van der Waals surface area contributed by atoms with Crippen molar-refractivity contribution in [2.24, 2.45) is 0 Å². The van der Waals surface area contributed by atoms with Crippen molar-refractivity contribution < 1.29 is 38.1 Å². The molecule has 0 radical (unpaired) electrons. The number of nitrogens with one attached hydrogen (secondary N) is 2. The van der Waals surface area contributed by atoms with Crippen LogP contribution in [0.1, 0.15) is 27.7 Å². The summed E-state index contributed by atoms with van der Waals surface area (Å²) < 4.78 is 28.0. The van der Waals surface area contributed by atoms with Crippen LogP contribution in [-0.2, 0) is 33.3 Å². The zero-order chi connectivity index (χ0) is 21.9. The molecule has 30 heavy (non-hydrogen) atoms. The summed E-state index contributed by atoms with van der Waals surface area (Å²) in [6.07, 6.45) is -3.21. The molecule has 2 N–H and O–H groups in total. The normalized spacial score (nSPS) is 27.6. The van der Waals surface area contributed by atoms with Crippen molar-refractivity contribution in [2.75, 3.05) is 11.9 Å². The molecule has 2 aliphatic heterocycles. The molecule has 1 aromatic carbocycles. The van der Waals surface area contributed by atoms with Gasteiger partial charge in [0.05, 0.1) is 6.04 Å². The minimum atomic E-state index is -0.914. The number of benzene rings is 1. The van der Waals surface area contributed by atoms with Gasteiger partial charge < -0.3 is 34.3 Å². The van der Waals surface area contributed by atoms with Crippen molar-refractivity contribution in [3.05, 3.63) is 30.3 Å². The predicted octanol–water partition coefficient (Wildman–Crippen LogP) is 1.55. The minimum Gasteiger partial charge on any atom is -0.464 e. The summed E-state index contributed by atoms with van der Waals surface area (Å²) in [7, 11) is 0. The first-order chi connectivity index (χ1) is 14.1. The molecule has 3 rings (SSSR count). The highest BCUT2D eigenvalue weighted by Gasteiger charge is 2.58. The Hall–Kier alpha value is -2.69. The van der Waals surface area contributed by atoms with Crippen molar-refractivity contribution in [3.63, 3.8) is 0 Å². The van der Waals surface area contributed by atoms with Gasteiger partial charge in [-0.2, -0.15) is 0 Å². The Morgan fingerprint density at radius 1 is 1.10 bits per heavy atom. The molecule has 10 nitrogen and oxygen atoms in total. The highest BCUT2D eigenvalue weighted by Crippen LogP contribution is 2.39. The SMILES string of the molecule is CC(=O)OC[C@H](NC(=O)Nc1ccccc1)[C@H]1O[C@@H]2OC(C)(C)O[C@@H]2[C@@H]1OC(C)=O. The number of amides is 2. The van der Waals surface area contributed by atoms with Gasteiger partial charge in [-0.15, -0.1) is 0 Å². The van der Waals surface area contributed by atoms with Crippen molar-refractivity contribution in [1.29, 1.82) is 0 Å². The first-order valence-corrected chi connectivity index (χ1v) is 9.59. The summed E-state index contributed by atoms with van der Waals surface area (Å²) in [5.41, 5.74) is 0.579. The van der Waals surface area contributed by atoms with E-state index in [0.717, 1.165) is 0 Å². The van der Waals surface area contributed by atoms with E-state index in [0.29, 0.717) is 5.69 Å². The number of hydrogen-bond acceptors (Lipinski definition) is 8. The molecule has 0 aliphatic carbocycles. The number of anilines is 1. The van der Waals surface area contributed by atoms with Gasteiger partial charge in [0.2, 0.25) is 0 Å². The van der Waals surface area contributed by atoms with E-state index >= 15 is 0 Å². The lowest BCUT2D eigenvalue weighted by Crippen LogP contribution is -2.54. The molecule has 2 aliphatic rings. The molecule has 2 fully saturated rings. The zero-order valence-corrected chi connectivity index (χ0v) is 17.2. The van der Waals surface area contributed by atoms with Crippen LogP contribution in [0.3, 0.4) is 0 Å². The summed E-state index contributed by atoms with van der Waals surface area (Å²) in [6.45, 7) is 5.77. The van der Waals surface area contributed by atoms with E-state index in [1.807, 2.05) is 6.07 Å². The van der Waals surface area contributed by atoms with Crippen molar-refractivity contribution in [2.45, 2.75) is 64.1 Å². The average Bonchev–Trinajstić information content (AvgIpc) is 3.11. The summed E-state index contributed by atoms with van der Waals surface area (Å²) in [5.74, 6) is -1.98. The third kappa shape index (κ3) is 5.47. The molecule has 0 unspecified atom stereocenters. The molecule has 2 amide bonds. The number of fused-ring (bicyclic) bond motifs is 1. The summed E-state index contributed by atoms with van der Waals surface area (Å²) in [5, 5.41) is 5.41. The van der Waals surface area contributed by atoms with E-state index in [-0.39, 0.29) is 6.61 Å². The number of para-hydroxylation sites is 1. The highest BCUT2D eigenvalue weighted by molar-refractivity contribution is 5.89. The lowest BCUT2D eigenvalue weighted by molar-refractivity contribution is -0.222. The van der Waals surface area contributed by atoms with Crippen LogP contribution in [-0.4, -0.2) is 61.0 Å². The van der Waals surface area contributed by atoms with Crippen LogP contribution in [0.4, 0.5) is 10.5 Å². The molecule has 1 aromatic rings. The first-order valence-electron chi connectivity index (χ1n) is 9.59. The number of carbonyl (C=O) groups excluding carboxylic acids is 3. The smallest absolute Gasteiger partial charge is 0.319 e. The molecule has 0 bridgehead atoms. The predicted molar refractivity (Wildman–Crippen MR) is 103 cm³/mol. The van der Waals surface area contributed by atoms with E-state index in [9.17, 15) is 14.4 Å². The number of hydrogen-bond donors (Lipinski definition) is 2. The number of esters is 2. The fourth-order valence-corrected chi connectivity index (χ4v) is 3.44. The van der Waals surface area contributed by atoms with Gasteiger partial charge in [-0.3, -0.25) is 9.59 Å². The molecule has 0 spiro atoms. The lowest BCUT2D eigenvalue weighted by atomic mass is 10.0. The maximum Gasteiger partial charge on any atom is 0.319 e. The Balaban J connectivity index is 1.76. The largest absolute Gasteiger partial charge is 0.464 e. The van der Waals surface area contributed by atoms with E-state index in [4.69, 9.17) is 23.7 Å². The Morgan fingerprint density at radius 2 is 1.80 bits per heavy atom. The van der Waals surface area contributed by atoms with Crippen molar-refractivity contribution in [1.82, 2.24) is 5.32 Å². The molecular formula is C20H26N2O8. The first kappa shape index (κ1) is 22.0. The third-order valence-corrected chi connectivity index (χ3v) is 4.54. The average molecular weight is 422 g/mol. The van der Waals surface area contributed by atoms with E-state index < -0.39 is 54.4 Å². The van der Waals surface area contributed by atoms with Crippen LogP contribution >= 0.6 is 0 Å². The van der Waals surface area contributed by atoms with E-state index in [1.54, 1.807) is 38.1 Å². The van der Waals surface area contributed by atoms with Crippen LogP contribution in [0.25, 0.3) is 0 Å². The van der Waals surface area contributed by atoms with Gasteiger partial charge in [-0.1, -0.05) is 18.2 Å². The van der Waals surface area contributed by atoms with Crippen LogP contribution in [0.2, 0.25) is 0 Å². The quantitative estimate of drug-likeness (QED) is 0.663. The Bertz CT molecular complexity index is 784. The minimum absolute atomic E-state index is 0.192. The number of urea groups is 1. The summed E-state index contributed by atoms with van der Waals surface area (Å²) >= 11 is 0. The third-order valence-electron chi connectivity index (χ3n) is 4.54. The van der Waals surface area contributed by atoms with Crippen LogP contribution in [0.15, 0.2) is 30.3 Å². The lowest BCUT2D eigenvalue weighted by Gasteiger charge is -2.30. The number of ether oxygens (including phenoxy) is 5. The Labute approximate surface area is 174 Å². The van der Waals surface area contributed by atoms with Gasteiger partial charge in [-0.05, 0) is 26.0 Å². The maximum atomic E-state index is 12.5. The number of carbonyl (C=O) groups is 3. The highest BCUT2D eigenvalue weighted by atomic mass is 16.8. The zero-order valence-electron chi connectivity index (χ0n) is 17.2. The van der Waals surface area contributed by atoms with Crippen LogP contribution < -0.4 is 10.6 Å². The van der Waals surface area contributed by atoms with Crippen LogP contribution in [0, 0.1) is 0 Å². The Kier molecular flexibility index (Phi) is 6.59. The van der Waals surface area contributed by atoms with Gasteiger partial charge in [0.15, 0.2) is 24.3 Å². The van der Waals surface area contributed by atoms with E-state index in [1.165, 1.54) is 13.8 Å². The van der Waals surface area contributed by atoms with Gasteiger partial charge in [0.25, 0.3) is 0 Å². The Morgan fingerprint density at radius 3 is 2.43 bits per heavy atom. The van der Waals surface area contributed by atoms with Gasteiger partial charge in [0, 0.05) is 19.5 Å². The molecule has 2 heterocycles. The molecular weight excluding hydrogens is 396 g/mol. The molecule has 0 aromatic heterocycles. The second-order valence-electron chi connectivity index (χ2n) is 7.52. The van der Waals surface area contributed by atoms with E-state index in [2.05, 4.69) is 10.6 Å². The molecule has 2 saturated heterocycles. The van der Waals surface area contributed by atoms with Crippen molar-refractivity contribution in [3.8, 4) is 0 Å². The number of rotatable bonds is 6. The maximum absolute atomic E-state index is 12.5. The fourth-order valence-electron chi connectivity index (χ4n) is 3.44. The molecule has 10 heteroatoms. The topological polar surface area (TPSA) is 121 Å². The second kappa shape index (κ2) is 8.99. The van der Waals surface area contributed by atoms with Gasteiger partial charge in [0.1, 0.15) is 12.7 Å². The molecule has 5 atom stereocenters. The van der Waals surface area contributed by atoms with Gasteiger partial charge in [-0.25, -0.2) is 4.79 Å². The second-order valence-corrected chi connectivity index (χ2v) is 7.52. The standard InChI is InChI=1S/C20H26N2O8/c1-11(23)26-10-14(22-19(25)21-13-8-6-5-7-9-13)15-16(27-12(2)24)17-18(28-15)30-20(3,4)29-17/h5-9,14-18H,10H2,1-4H3,(H2,21,22,25)/t14-,15+,16+,17+,18+/m0/s1. The summed E-state index contributed by atoms with van der Waals surface area (Å²) in [4.78, 5) is 35.6. The van der Waals surface area contributed by atoms with Gasteiger partial charge >= 0.3 is 18.0 Å². The van der Waals surface area contributed by atoms with Crippen LogP contribution in [0.5, 0.6) is 0 Å². The fraction of sp³-hybridized carbons (Fsp3) is 0.550. The monoisotopic (exact) mass is 422 g/mol. The molecule has 0 saturated carbocycles.